The first-order valence-electron chi connectivity index (χ1n) is 5.40. The molecule has 0 aliphatic carbocycles. The van der Waals surface area contributed by atoms with Crippen molar-refractivity contribution in [2.75, 3.05) is 0 Å². The molecule has 1 nitrogen and oxygen atoms in total. The molecule has 15 heavy (non-hydrogen) atoms. The van der Waals surface area contributed by atoms with E-state index in [4.69, 9.17) is 0 Å². The highest BCUT2D eigenvalue weighted by Gasteiger charge is 2.18. The van der Waals surface area contributed by atoms with Gasteiger partial charge in [0.25, 0.3) is 0 Å². The standard InChI is InChI=1S/C13H17FO/c1-4-10(5-2)13(15)12-8-11(14)7-6-9(12)3/h6-8,10H,4-5H2,1-3H3. The van der Waals surface area contributed by atoms with E-state index in [9.17, 15) is 9.18 Å². The maximum atomic E-state index is 13.0. The second kappa shape index (κ2) is 5.06. The van der Waals surface area contributed by atoms with Crippen LogP contribution in [0.4, 0.5) is 4.39 Å². The third-order valence-corrected chi connectivity index (χ3v) is 2.82. The summed E-state index contributed by atoms with van der Waals surface area (Å²) in [5.74, 6) is -0.252. The summed E-state index contributed by atoms with van der Waals surface area (Å²) in [5.41, 5.74) is 1.39. The van der Waals surface area contributed by atoms with E-state index < -0.39 is 0 Å². The molecule has 1 aromatic carbocycles. The maximum absolute atomic E-state index is 13.0. The van der Waals surface area contributed by atoms with Gasteiger partial charge in [0.1, 0.15) is 5.82 Å². The molecule has 0 bridgehead atoms. The highest BCUT2D eigenvalue weighted by Crippen LogP contribution is 2.19. The molecule has 2 heteroatoms. The lowest BCUT2D eigenvalue weighted by atomic mass is 9.91. The van der Waals surface area contributed by atoms with Gasteiger partial charge in [-0.15, -0.1) is 0 Å². The molecule has 0 spiro atoms. The summed E-state index contributed by atoms with van der Waals surface area (Å²) in [6.45, 7) is 5.82. The zero-order valence-corrected chi connectivity index (χ0v) is 9.51. The molecule has 0 saturated heterocycles. The van der Waals surface area contributed by atoms with E-state index in [1.165, 1.54) is 12.1 Å². The SMILES string of the molecule is CCC(CC)C(=O)c1cc(F)ccc1C. The van der Waals surface area contributed by atoms with Crippen molar-refractivity contribution in [3.05, 3.63) is 35.1 Å². The number of aryl methyl sites for hydroxylation is 1. The number of carbonyl (C=O) groups is 1. The van der Waals surface area contributed by atoms with Crippen LogP contribution in [0.3, 0.4) is 0 Å². The van der Waals surface area contributed by atoms with Gasteiger partial charge in [-0.2, -0.15) is 0 Å². The van der Waals surface area contributed by atoms with Gasteiger partial charge in [-0.05, 0) is 37.5 Å². The van der Waals surface area contributed by atoms with E-state index in [0.29, 0.717) is 5.56 Å². The normalized spacial score (nSPS) is 10.7. The molecule has 0 unspecified atom stereocenters. The van der Waals surface area contributed by atoms with Gasteiger partial charge in [-0.1, -0.05) is 19.9 Å². The molecular formula is C13H17FO. The predicted molar refractivity (Wildman–Crippen MR) is 59.5 cm³/mol. The molecule has 0 aromatic heterocycles. The van der Waals surface area contributed by atoms with Crippen LogP contribution in [0, 0.1) is 18.7 Å². The molecule has 0 amide bonds. The van der Waals surface area contributed by atoms with Crippen LogP contribution < -0.4 is 0 Å². The molecular weight excluding hydrogens is 191 g/mol. The van der Waals surface area contributed by atoms with Gasteiger partial charge in [-0.3, -0.25) is 4.79 Å². The summed E-state index contributed by atoms with van der Waals surface area (Å²) in [4.78, 5) is 12.0. The first-order valence-corrected chi connectivity index (χ1v) is 5.40. The van der Waals surface area contributed by atoms with Gasteiger partial charge in [-0.25, -0.2) is 4.39 Å². The second-order valence-corrected chi connectivity index (χ2v) is 3.84. The predicted octanol–water partition coefficient (Wildman–Crippen LogP) is 3.75. The molecule has 0 N–H and O–H groups in total. The Morgan fingerprint density at radius 2 is 1.93 bits per heavy atom. The Balaban J connectivity index is 3.04. The lowest BCUT2D eigenvalue weighted by Gasteiger charge is -2.12. The Morgan fingerprint density at radius 1 is 1.33 bits per heavy atom. The zero-order chi connectivity index (χ0) is 11.4. The minimum atomic E-state index is -0.338. The van der Waals surface area contributed by atoms with Crippen LogP contribution in [-0.2, 0) is 0 Å². The van der Waals surface area contributed by atoms with E-state index in [-0.39, 0.29) is 17.5 Å². The minimum Gasteiger partial charge on any atom is -0.294 e. The molecule has 0 atom stereocenters. The van der Waals surface area contributed by atoms with E-state index in [0.717, 1.165) is 18.4 Å². The molecule has 0 heterocycles. The molecule has 0 aliphatic heterocycles. The summed E-state index contributed by atoms with van der Waals surface area (Å²) in [6, 6.07) is 4.39. The fourth-order valence-electron chi connectivity index (χ4n) is 1.74. The smallest absolute Gasteiger partial charge is 0.166 e. The molecule has 82 valence electrons. The van der Waals surface area contributed by atoms with Crippen LogP contribution in [0.5, 0.6) is 0 Å². The monoisotopic (exact) mass is 208 g/mol. The minimum absolute atomic E-state index is 0.0190. The Bertz CT molecular complexity index is 354. The fourth-order valence-corrected chi connectivity index (χ4v) is 1.74. The topological polar surface area (TPSA) is 17.1 Å². The van der Waals surface area contributed by atoms with Crippen molar-refractivity contribution in [1.29, 1.82) is 0 Å². The Hall–Kier alpha value is -1.18. The van der Waals surface area contributed by atoms with Crippen molar-refractivity contribution in [1.82, 2.24) is 0 Å². The first-order chi connectivity index (χ1) is 7.10. The number of ketones is 1. The Morgan fingerprint density at radius 3 is 2.47 bits per heavy atom. The first kappa shape index (κ1) is 11.9. The van der Waals surface area contributed by atoms with Crippen molar-refractivity contribution in [2.45, 2.75) is 33.6 Å². The number of hydrogen-bond donors (Lipinski definition) is 0. The van der Waals surface area contributed by atoms with Crippen LogP contribution in [0.25, 0.3) is 0 Å². The molecule has 0 saturated carbocycles. The molecule has 0 aliphatic rings. The third-order valence-electron chi connectivity index (χ3n) is 2.82. The average Bonchev–Trinajstić information content (AvgIpc) is 2.23. The quantitative estimate of drug-likeness (QED) is 0.689. The van der Waals surface area contributed by atoms with Crippen molar-refractivity contribution >= 4 is 5.78 Å². The maximum Gasteiger partial charge on any atom is 0.166 e. The lowest BCUT2D eigenvalue weighted by molar-refractivity contribution is 0.0912. The van der Waals surface area contributed by atoms with Crippen molar-refractivity contribution in [2.24, 2.45) is 5.92 Å². The summed E-state index contributed by atoms with van der Waals surface area (Å²) < 4.78 is 13.0. The van der Waals surface area contributed by atoms with Gasteiger partial charge in [0.05, 0.1) is 0 Å². The average molecular weight is 208 g/mol. The summed E-state index contributed by atoms with van der Waals surface area (Å²) in [7, 11) is 0. The van der Waals surface area contributed by atoms with Crippen LogP contribution in [0.15, 0.2) is 18.2 Å². The lowest BCUT2D eigenvalue weighted by Crippen LogP contribution is -2.14. The van der Waals surface area contributed by atoms with E-state index in [1.54, 1.807) is 6.07 Å². The molecule has 1 rings (SSSR count). The van der Waals surface area contributed by atoms with Crippen molar-refractivity contribution in [3.8, 4) is 0 Å². The number of halogens is 1. The molecule has 0 radical (unpaired) electrons. The Kier molecular flexibility index (Phi) is 4.01. The van der Waals surface area contributed by atoms with Crippen molar-refractivity contribution in [3.63, 3.8) is 0 Å². The zero-order valence-electron chi connectivity index (χ0n) is 9.51. The van der Waals surface area contributed by atoms with Gasteiger partial charge in [0.15, 0.2) is 5.78 Å². The Labute approximate surface area is 90.3 Å². The van der Waals surface area contributed by atoms with Crippen LogP contribution in [0.1, 0.15) is 42.6 Å². The van der Waals surface area contributed by atoms with E-state index in [1.807, 2.05) is 20.8 Å². The highest BCUT2D eigenvalue weighted by atomic mass is 19.1. The molecule has 1 aromatic rings. The number of hydrogen-bond acceptors (Lipinski definition) is 1. The number of carbonyl (C=O) groups excluding carboxylic acids is 1. The molecule has 0 fully saturated rings. The number of benzene rings is 1. The van der Waals surface area contributed by atoms with Gasteiger partial charge >= 0.3 is 0 Å². The summed E-state index contributed by atoms with van der Waals surface area (Å²) in [5, 5.41) is 0. The van der Waals surface area contributed by atoms with E-state index >= 15 is 0 Å². The van der Waals surface area contributed by atoms with Gasteiger partial charge in [0, 0.05) is 11.5 Å². The fraction of sp³-hybridized carbons (Fsp3) is 0.462. The van der Waals surface area contributed by atoms with Gasteiger partial charge < -0.3 is 0 Å². The van der Waals surface area contributed by atoms with Crippen LogP contribution in [-0.4, -0.2) is 5.78 Å². The van der Waals surface area contributed by atoms with E-state index in [2.05, 4.69) is 0 Å². The highest BCUT2D eigenvalue weighted by molar-refractivity contribution is 5.99. The summed E-state index contributed by atoms with van der Waals surface area (Å²) >= 11 is 0. The van der Waals surface area contributed by atoms with Crippen LogP contribution in [0.2, 0.25) is 0 Å². The van der Waals surface area contributed by atoms with Crippen LogP contribution >= 0.6 is 0 Å². The van der Waals surface area contributed by atoms with Crippen molar-refractivity contribution < 1.29 is 9.18 Å². The second-order valence-electron chi connectivity index (χ2n) is 3.84. The number of rotatable bonds is 4. The largest absolute Gasteiger partial charge is 0.294 e. The number of Topliss-reactive ketones (excluding diaryl/α,β-unsaturated/α-hetero) is 1. The summed E-state index contributed by atoms with van der Waals surface area (Å²) in [6.07, 6.45) is 1.62. The third kappa shape index (κ3) is 2.65. The van der Waals surface area contributed by atoms with Gasteiger partial charge in [0.2, 0.25) is 0 Å².